The van der Waals surface area contributed by atoms with Crippen molar-refractivity contribution in [3.05, 3.63) is 88.4 Å². The summed E-state index contributed by atoms with van der Waals surface area (Å²) in [6.45, 7) is 5.38. The molecule has 0 bridgehead atoms. The SMILES string of the molecule is CCNC(=O)[C@@H](C)N(Cc1ccc(Br)cc1)C(=O)CN(c1ccc(C)cc1)S(=O)(=O)c1ccc(OC)cc1. The predicted octanol–water partition coefficient (Wildman–Crippen LogP) is 4.51. The number of sulfonamides is 1. The maximum Gasteiger partial charge on any atom is 0.264 e. The van der Waals surface area contributed by atoms with E-state index in [4.69, 9.17) is 4.74 Å². The van der Waals surface area contributed by atoms with Crippen LogP contribution in [0, 0.1) is 6.92 Å². The maximum absolute atomic E-state index is 13.8. The third-order valence-corrected chi connectivity index (χ3v) is 8.35. The number of hydrogen-bond donors (Lipinski definition) is 1. The van der Waals surface area contributed by atoms with E-state index in [9.17, 15) is 18.0 Å². The zero-order valence-electron chi connectivity index (χ0n) is 21.8. The number of methoxy groups -OCH3 is 1. The second kappa shape index (κ2) is 12.9. The standard InChI is InChI=1S/C28H32BrN3O5S/c1-5-30-28(34)21(3)31(18-22-8-10-23(29)11-9-22)27(33)19-32(24-12-6-20(2)7-13-24)38(35,36)26-16-14-25(37-4)15-17-26/h6-17,21H,5,18-19H2,1-4H3,(H,30,34)/t21-/m1/s1. The monoisotopic (exact) mass is 601 g/mol. The van der Waals surface area contributed by atoms with Crippen molar-refractivity contribution in [2.45, 2.75) is 38.3 Å². The van der Waals surface area contributed by atoms with E-state index in [2.05, 4.69) is 21.2 Å². The molecule has 0 saturated carbocycles. The second-order valence-electron chi connectivity index (χ2n) is 8.74. The molecule has 38 heavy (non-hydrogen) atoms. The number of nitrogens with zero attached hydrogens (tertiary/aromatic N) is 2. The molecule has 1 atom stereocenters. The van der Waals surface area contributed by atoms with Gasteiger partial charge in [-0.25, -0.2) is 8.42 Å². The molecule has 0 radical (unpaired) electrons. The molecule has 0 fully saturated rings. The number of halogens is 1. The Kier molecular flexibility index (Phi) is 9.93. The quantitative estimate of drug-likeness (QED) is 0.349. The van der Waals surface area contributed by atoms with E-state index in [1.54, 1.807) is 50.2 Å². The minimum atomic E-state index is -4.13. The number of benzene rings is 3. The van der Waals surface area contributed by atoms with E-state index < -0.39 is 28.5 Å². The molecule has 1 N–H and O–H groups in total. The molecule has 0 heterocycles. The van der Waals surface area contributed by atoms with Crippen LogP contribution in [0.25, 0.3) is 0 Å². The number of nitrogens with one attached hydrogen (secondary N) is 1. The van der Waals surface area contributed by atoms with Crippen LogP contribution in [0.5, 0.6) is 5.75 Å². The predicted molar refractivity (Wildman–Crippen MR) is 152 cm³/mol. The maximum atomic E-state index is 13.8. The summed E-state index contributed by atoms with van der Waals surface area (Å²) in [4.78, 5) is 28.0. The Balaban J connectivity index is 2.01. The van der Waals surface area contributed by atoms with Crippen LogP contribution in [-0.2, 0) is 26.2 Å². The minimum Gasteiger partial charge on any atom is -0.497 e. The van der Waals surface area contributed by atoms with Gasteiger partial charge < -0.3 is 15.0 Å². The van der Waals surface area contributed by atoms with Crippen LogP contribution in [-0.4, -0.2) is 51.4 Å². The summed E-state index contributed by atoms with van der Waals surface area (Å²) >= 11 is 3.40. The van der Waals surface area contributed by atoms with Crippen LogP contribution in [0.3, 0.4) is 0 Å². The zero-order chi connectivity index (χ0) is 27.9. The fraction of sp³-hybridized carbons (Fsp3) is 0.286. The van der Waals surface area contributed by atoms with Crippen LogP contribution in [0.2, 0.25) is 0 Å². The lowest BCUT2D eigenvalue weighted by atomic mass is 10.1. The fourth-order valence-electron chi connectivity index (χ4n) is 3.81. The molecule has 0 spiro atoms. The number of carbonyl (C=O) groups is 2. The van der Waals surface area contributed by atoms with Crippen molar-refractivity contribution in [2.75, 3.05) is 24.5 Å². The number of anilines is 1. The van der Waals surface area contributed by atoms with Crippen molar-refractivity contribution in [3.8, 4) is 5.75 Å². The largest absolute Gasteiger partial charge is 0.497 e. The second-order valence-corrected chi connectivity index (χ2v) is 11.5. The Hall–Kier alpha value is -3.37. The van der Waals surface area contributed by atoms with Gasteiger partial charge in [-0.3, -0.25) is 13.9 Å². The van der Waals surface area contributed by atoms with Gasteiger partial charge in [0, 0.05) is 17.6 Å². The van der Waals surface area contributed by atoms with E-state index >= 15 is 0 Å². The van der Waals surface area contributed by atoms with Gasteiger partial charge in [-0.15, -0.1) is 0 Å². The van der Waals surface area contributed by atoms with Gasteiger partial charge in [-0.05, 0) is 74.9 Å². The fourth-order valence-corrected chi connectivity index (χ4v) is 5.48. The number of hydrogen-bond acceptors (Lipinski definition) is 5. The highest BCUT2D eigenvalue weighted by molar-refractivity contribution is 9.10. The summed E-state index contributed by atoms with van der Waals surface area (Å²) in [5.74, 6) is -0.319. The molecule has 202 valence electrons. The van der Waals surface area contributed by atoms with Gasteiger partial charge in [0.05, 0.1) is 17.7 Å². The van der Waals surface area contributed by atoms with Crippen molar-refractivity contribution in [3.63, 3.8) is 0 Å². The number of likely N-dealkylation sites (N-methyl/N-ethyl adjacent to an activating group) is 1. The first-order valence-corrected chi connectivity index (χ1v) is 14.3. The number of ether oxygens (including phenoxy) is 1. The highest BCUT2D eigenvalue weighted by Gasteiger charge is 2.32. The first kappa shape index (κ1) is 29.2. The minimum absolute atomic E-state index is 0.0166. The Labute approximate surface area is 232 Å². The summed E-state index contributed by atoms with van der Waals surface area (Å²) < 4.78 is 34.7. The van der Waals surface area contributed by atoms with E-state index in [1.807, 2.05) is 31.2 Å². The van der Waals surface area contributed by atoms with Crippen LogP contribution < -0.4 is 14.4 Å². The number of carbonyl (C=O) groups excluding carboxylic acids is 2. The summed E-state index contributed by atoms with van der Waals surface area (Å²) in [6.07, 6.45) is 0. The van der Waals surface area contributed by atoms with Crippen molar-refractivity contribution >= 4 is 43.5 Å². The molecular weight excluding hydrogens is 570 g/mol. The smallest absolute Gasteiger partial charge is 0.264 e. The van der Waals surface area contributed by atoms with Gasteiger partial charge in [0.15, 0.2) is 0 Å². The van der Waals surface area contributed by atoms with E-state index in [-0.39, 0.29) is 17.3 Å². The molecule has 10 heteroatoms. The van der Waals surface area contributed by atoms with Crippen LogP contribution in [0.1, 0.15) is 25.0 Å². The molecule has 0 aliphatic rings. The van der Waals surface area contributed by atoms with Crippen molar-refractivity contribution in [1.29, 1.82) is 0 Å². The molecule has 0 aromatic heterocycles. The normalized spacial score (nSPS) is 11.9. The summed E-state index contributed by atoms with van der Waals surface area (Å²) in [6, 6.07) is 19.5. The summed E-state index contributed by atoms with van der Waals surface area (Å²) in [5.41, 5.74) is 2.09. The topological polar surface area (TPSA) is 96.0 Å². The lowest BCUT2D eigenvalue weighted by molar-refractivity contribution is -0.139. The molecule has 3 aromatic carbocycles. The molecule has 3 aromatic rings. The average Bonchev–Trinajstić information content (AvgIpc) is 2.91. The molecular formula is C28H32BrN3O5S. The highest BCUT2D eigenvalue weighted by Crippen LogP contribution is 2.26. The lowest BCUT2D eigenvalue weighted by Gasteiger charge is -2.32. The highest BCUT2D eigenvalue weighted by atomic mass is 79.9. The third kappa shape index (κ3) is 7.14. The van der Waals surface area contributed by atoms with E-state index in [1.165, 1.54) is 24.1 Å². The molecule has 0 aliphatic heterocycles. The van der Waals surface area contributed by atoms with Gasteiger partial charge in [0.2, 0.25) is 11.8 Å². The molecule has 2 amide bonds. The van der Waals surface area contributed by atoms with Gasteiger partial charge in [0.1, 0.15) is 18.3 Å². The molecule has 0 saturated heterocycles. The lowest BCUT2D eigenvalue weighted by Crippen LogP contribution is -2.51. The van der Waals surface area contributed by atoms with Gasteiger partial charge in [-0.1, -0.05) is 45.8 Å². The summed E-state index contributed by atoms with van der Waals surface area (Å²) in [5, 5.41) is 2.75. The van der Waals surface area contributed by atoms with E-state index in [0.717, 1.165) is 19.9 Å². The van der Waals surface area contributed by atoms with Gasteiger partial charge in [-0.2, -0.15) is 0 Å². The van der Waals surface area contributed by atoms with Crippen molar-refractivity contribution in [1.82, 2.24) is 10.2 Å². The Morgan fingerprint density at radius 2 is 1.58 bits per heavy atom. The first-order chi connectivity index (χ1) is 18.1. The van der Waals surface area contributed by atoms with Crippen LogP contribution >= 0.6 is 15.9 Å². The molecule has 8 nitrogen and oxygen atoms in total. The Morgan fingerprint density at radius 1 is 0.974 bits per heavy atom. The van der Waals surface area contributed by atoms with Crippen molar-refractivity contribution < 1.29 is 22.7 Å². The molecule has 0 aliphatic carbocycles. The molecule has 0 unspecified atom stereocenters. The number of amides is 2. The Bertz CT molecular complexity index is 1340. The first-order valence-electron chi connectivity index (χ1n) is 12.1. The number of rotatable bonds is 11. The third-order valence-electron chi connectivity index (χ3n) is 6.03. The van der Waals surface area contributed by atoms with Gasteiger partial charge in [0.25, 0.3) is 10.0 Å². The van der Waals surface area contributed by atoms with Crippen LogP contribution in [0.15, 0.2) is 82.2 Å². The molecule has 3 rings (SSSR count). The number of aryl methyl sites for hydroxylation is 1. The van der Waals surface area contributed by atoms with Crippen molar-refractivity contribution in [2.24, 2.45) is 0 Å². The Morgan fingerprint density at radius 3 is 2.13 bits per heavy atom. The van der Waals surface area contributed by atoms with Gasteiger partial charge >= 0.3 is 0 Å². The zero-order valence-corrected chi connectivity index (χ0v) is 24.3. The summed E-state index contributed by atoms with van der Waals surface area (Å²) in [7, 11) is -2.63. The average molecular weight is 603 g/mol. The van der Waals surface area contributed by atoms with E-state index in [0.29, 0.717) is 18.0 Å². The van der Waals surface area contributed by atoms with Crippen LogP contribution in [0.4, 0.5) is 5.69 Å².